The molecule has 54 heavy (non-hydrogen) atoms. The maximum Gasteiger partial charge on any atom is 0.307 e. The molecule has 0 aromatic heterocycles. The lowest BCUT2D eigenvalue weighted by molar-refractivity contribution is -0.145. The fraction of sp³-hybridized carbons (Fsp3) is 0.510. The molecule has 0 aliphatic heterocycles. The third kappa shape index (κ3) is 8.98. The number of allylic oxidation sites excluding steroid dienone is 4. The van der Waals surface area contributed by atoms with Crippen LogP contribution >= 0.6 is 0 Å². The molecule has 0 radical (unpaired) electrons. The molecule has 0 saturated heterocycles. The number of aromatic hydroxyl groups is 1. The van der Waals surface area contributed by atoms with Crippen LogP contribution in [0.25, 0.3) is 12.2 Å². The Morgan fingerprint density at radius 3 is 2.37 bits per heavy atom. The van der Waals surface area contributed by atoms with Crippen LogP contribution in [0.1, 0.15) is 138 Å². The minimum absolute atomic E-state index is 0.318. The zero-order valence-electron chi connectivity index (χ0n) is 32.8. The van der Waals surface area contributed by atoms with Crippen molar-refractivity contribution >= 4 is 18.1 Å². The van der Waals surface area contributed by atoms with Crippen molar-refractivity contribution < 1.29 is 15.0 Å². The molecule has 7 atom stereocenters. The van der Waals surface area contributed by atoms with Crippen molar-refractivity contribution in [2.75, 3.05) is 0 Å². The molecule has 0 amide bonds. The number of fused-ring (bicyclic) bond motifs is 5. The van der Waals surface area contributed by atoms with Gasteiger partial charge >= 0.3 is 5.97 Å². The molecule has 3 heteroatoms. The van der Waals surface area contributed by atoms with Crippen LogP contribution in [0.2, 0.25) is 0 Å². The van der Waals surface area contributed by atoms with E-state index in [4.69, 9.17) is 0 Å². The summed E-state index contributed by atoms with van der Waals surface area (Å²) >= 11 is 0. The molecule has 4 aliphatic carbocycles. The van der Waals surface area contributed by atoms with E-state index in [9.17, 15) is 15.0 Å². The van der Waals surface area contributed by atoms with Gasteiger partial charge in [0.15, 0.2) is 0 Å². The molecule has 7 unspecified atom stereocenters. The van der Waals surface area contributed by atoms with Crippen molar-refractivity contribution in [3.8, 4) is 5.75 Å². The van der Waals surface area contributed by atoms with Gasteiger partial charge in [-0.3, -0.25) is 4.79 Å². The van der Waals surface area contributed by atoms with Gasteiger partial charge in [0.2, 0.25) is 0 Å². The smallest absolute Gasteiger partial charge is 0.307 e. The van der Waals surface area contributed by atoms with E-state index in [2.05, 4.69) is 104 Å². The predicted octanol–water partition coefficient (Wildman–Crippen LogP) is 11.4. The number of carboxylic acids is 1. The van der Waals surface area contributed by atoms with E-state index in [1.54, 1.807) is 0 Å². The lowest BCUT2D eigenvalue weighted by Crippen LogP contribution is -2.47. The molecule has 1 spiro atoms. The van der Waals surface area contributed by atoms with Gasteiger partial charge in [0, 0.05) is 5.41 Å². The molecule has 1 saturated carbocycles. The average Bonchev–Trinajstić information content (AvgIpc) is 3.71. The van der Waals surface area contributed by atoms with E-state index in [1.807, 2.05) is 6.07 Å². The van der Waals surface area contributed by atoms with E-state index >= 15 is 0 Å². The second-order valence-corrected chi connectivity index (χ2v) is 17.4. The van der Waals surface area contributed by atoms with Crippen molar-refractivity contribution in [1.82, 2.24) is 0 Å². The Labute approximate surface area is 325 Å². The number of carboxylic acid groups (broad SMARTS) is 1. The number of phenolic OH excluding ortho intramolecular Hbond substituents is 1. The summed E-state index contributed by atoms with van der Waals surface area (Å²) in [6, 6.07) is 24.3. The third-order valence-corrected chi connectivity index (χ3v) is 13.9. The van der Waals surface area contributed by atoms with Crippen molar-refractivity contribution in [1.29, 1.82) is 0 Å². The standard InChI is InChI=1S/C51H64O3/c1-2-3-6-24-44-35-43(27-28-49(44)52)47-32-38-19-15-25-46(31-38)51(30-29-42-33-40-22-11-12-23-41(40)34-45(42)36-51)48(50(53)54)26-14-13-21-39(47)20-8-5-4-7-16-37-17-9-10-18-37/h9,11-15,17,19,22-23,25,27-28,31,33-35,37,39,42,45,47-48,52H,2-8,10,16,18,20-21,24,26,29-30,32,36H2,1H3,(H,53,54). The van der Waals surface area contributed by atoms with Crippen LogP contribution in [0.3, 0.4) is 0 Å². The van der Waals surface area contributed by atoms with Crippen LogP contribution in [0, 0.1) is 29.6 Å². The number of hydrogen-bond acceptors (Lipinski definition) is 2. The van der Waals surface area contributed by atoms with Gasteiger partial charge in [0.1, 0.15) is 5.75 Å². The van der Waals surface area contributed by atoms with Gasteiger partial charge in [-0.1, -0.05) is 143 Å². The van der Waals surface area contributed by atoms with Gasteiger partial charge in [0.25, 0.3) is 0 Å². The first kappa shape index (κ1) is 38.4. The summed E-state index contributed by atoms with van der Waals surface area (Å²) in [5, 5.41) is 24.5. The predicted molar refractivity (Wildman–Crippen MR) is 224 cm³/mol. The van der Waals surface area contributed by atoms with Crippen molar-refractivity contribution in [2.24, 2.45) is 29.6 Å². The monoisotopic (exact) mass is 724 g/mol. The number of aryl methyl sites for hydroxylation is 1. The quantitative estimate of drug-likeness (QED) is 0.136. The van der Waals surface area contributed by atoms with Crippen molar-refractivity contribution in [3.05, 3.63) is 124 Å². The van der Waals surface area contributed by atoms with Crippen molar-refractivity contribution in [2.45, 2.75) is 134 Å². The topological polar surface area (TPSA) is 57.5 Å². The van der Waals surface area contributed by atoms with Gasteiger partial charge in [-0.2, -0.15) is 0 Å². The van der Waals surface area contributed by atoms with Crippen LogP contribution in [-0.2, 0) is 23.1 Å². The minimum Gasteiger partial charge on any atom is -0.508 e. The van der Waals surface area contributed by atoms with E-state index in [1.165, 1.54) is 84.9 Å². The summed E-state index contributed by atoms with van der Waals surface area (Å²) in [6.07, 6.45) is 34.0. The highest BCUT2D eigenvalue weighted by Gasteiger charge is 2.49. The lowest BCUT2D eigenvalue weighted by Gasteiger charge is -2.48. The highest BCUT2D eigenvalue weighted by molar-refractivity contribution is 5.73. The van der Waals surface area contributed by atoms with Gasteiger partial charge in [-0.05, 0) is 145 Å². The molecular weight excluding hydrogens is 661 g/mol. The average molecular weight is 725 g/mol. The summed E-state index contributed by atoms with van der Waals surface area (Å²) in [5.41, 5.74) is 4.52. The fourth-order valence-electron chi connectivity index (χ4n) is 10.8. The van der Waals surface area contributed by atoms with Gasteiger partial charge < -0.3 is 10.2 Å². The molecule has 2 N–H and O–H groups in total. The van der Waals surface area contributed by atoms with E-state index in [0.29, 0.717) is 35.8 Å². The molecule has 3 aromatic carbocycles. The Morgan fingerprint density at radius 2 is 1.59 bits per heavy atom. The zero-order valence-corrected chi connectivity index (χ0v) is 32.8. The molecule has 3 aromatic rings. The highest BCUT2D eigenvalue weighted by atomic mass is 16.4. The lowest BCUT2D eigenvalue weighted by atomic mass is 9.55. The number of rotatable bonds is 13. The molecule has 1 fully saturated rings. The Balaban J connectivity index is 1.20. The normalized spacial score (nSPS) is 27.6. The van der Waals surface area contributed by atoms with Gasteiger partial charge in [-0.25, -0.2) is 0 Å². The molecule has 286 valence electrons. The largest absolute Gasteiger partial charge is 0.508 e. The van der Waals surface area contributed by atoms with E-state index in [-0.39, 0.29) is 0 Å². The minimum atomic E-state index is -0.664. The molecule has 0 heterocycles. The van der Waals surface area contributed by atoms with Crippen LogP contribution in [-0.4, -0.2) is 16.2 Å². The molecule has 7 rings (SSSR count). The summed E-state index contributed by atoms with van der Waals surface area (Å²) in [4.78, 5) is 13.4. The second kappa shape index (κ2) is 18.2. The molecule has 4 aliphatic rings. The highest BCUT2D eigenvalue weighted by Crippen LogP contribution is 2.52. The van der Waals surface area contributed by atoms with E-state index < -0.39 is 17.3 Å². The number of phenols is 1. The Bertz CT molecular complexity index is 1900. The summed E-state index contributed by atoms with van der Waals surface area (Å²) in [7, 11) is 0. The first-order valence-electron chi connectivity index (χ1n) is 21.7. The number of hydrogen-bond donors (Lipinski definition) is 2. The van der Waals surface area contributed by atoms with Crippen LogP contribution in [0.15, 0.2) is 91.0 Å². The number of aliphatic carboxylic acids is 1. The number of carbonyl (C=O) groups is 1. The van der Waals surface area contributed by atoms with Gasteiger partial charge in [0.05, 0.1) is 5.92 Å². The van der Waals surface area contributed by atoms with Crippen molar-refractivity contribution in [3.63, 3.8) is 0 Å². The zero-order chi connectivity index (χ0) is 37.3. The molecule has 3 nitrogen and oxygen atoms in total. The maximum absolute atomic E-state index is 13.4. The Hall–Kier alpha value is -3.85. The SMILES string of the molecule is CCCCCc1cc(C2Cc3cccc(c3)C3(CCC4C=c5ccccc5=CC4C3)C(C(=O)O)CC=CCC2CCCCCCC2C=CCC2)ccc1O. The Kier molecular flexibility index (Phi) is 12.9. The summed E-state index contributed by atoms with van der Waals surface area (Å²) in [5.74, 6) is 1.62. The maximum atomic E-state index is 13.4. The number of unbranched alkanes of at least 4 members (excludes halogenated alkanes) is 5. The van der Waals surface area contributed by atoms with E-state index in [0.717, 1.165) is 62.8 Å². The summed E-state index contributed by atoms with van der Waals surface area (Å²) < 4.78 is 0. The first-order chi connectivity index (χ1) is 26.4. The van der Waals surface area contributed by atoms with Crippen LogP contribution in [0.5, 0.6) is 5.75 Å². The molecule has 2 bridgehead atoms. The fourth-order valence-corrected chi connectivity index (χ4v) is 10.8. The Morgan fingerprint density at radius 1 is 0.796 bits per heavy atom. The van der Waals surface area contributed by atoms with Gasteiger partial charge in [-0.15, -0.1) is 0 Å². The summed E-state index contributed by atoms with van der Waals surface area (Å²) in [6.45, 7) is 2.23. The molecular formula is C51H64O3. The third-order valence-electron chi connectivity index (χ3n) is 13.9. The van der Waals surface area contributed by atoms with Crippen LogP contribution < -0.4 is 10.4 Å². The number of benzene rings is 3. The first-order valence-corrected chi connectivity index (χ1v) is 21.7. The second-order valence-electron chi connectivity index (χ2n) is 17.4. The van der Waals surface area contributed by atoms with Crippen LogP contribution in [0.4, 0.5) is 0 Å².